The van der Waals surface area contributed by atoms with E-state index in [1.54, 1.807) is 0 Å². The van der Waals surface area contributed by atoms with Gasteiger partial charge in [0.1, 0.15) is 7.05 Å². The number of nitrogens with zero attached hydrogens (tertiary/aromatic N) is 1. The summed E-state index contributed by atoms with van der Waals surface area (Å²) in [6.45, 7) is 6.60. The Kier molecular flexibility index (Phi) is 3.01. The third-order valence-electron chi connectivity index (χ3n) is 3.50. The number of para-hydroxylation sites is 1. The van der Waals surface area contributed by atoms with E-state index in [0.717, 1.165) is 0 Å². The second-order valence-corrected chi connectivity index (χ2v) is 4.97. The highest BCUT2D eigenvalue weighted by Crippen LogP contribution is 2.38. The van der Waals surface area contributed by atoms with E-state index in [2.05, 4.69) is 68.0 Å². The number of fused-ring (bicyclic) bond motifs is 1. The smallest absolute Gasteiger partial charge is 0.198 e. The molecule has 0 unspecified atom stereocenters. The van der Waals surface area contributed by atoms with E-state index < -0.39 is 0 Å². The third kappa shape index (κ3) is 1.86. The van der Waals surface area contributed by atoms with Crippen LogP contribution >= 0.6 is 0 Å². The normalized spacial score (nSPS) is 18.4. The molecule has 1 heteroatoms. The molecule has 1 nitrogen and oxygen atoms in total. The molecule has 0 fully saturated rings. The second-order valence-electron chi connectivity index (χ2n) is 4.97. The van der Waals surface area contributed by atoms with Crippen molar-refractivity contribution in [1.29, 1.82) is 0 Å². The first-order valence-electron chi connectivity index (χ1n) is 6.09. The summed E-state index contributed by atoms with van der Waals surface area (Å²) in [6.07, 6.45) is 8.44. The molecule has 0 saturated carbocycles. The van der Waals surface area contributed by atoms with Crippen LogP contribution in [0.4, 0.5) is 5.69 Å². The second kappa shape index (κ2) is 4.33. The summed E-state index contributed by atoms with van der Waals surface area (Å²) in [5.74, 6) is 0. The Morgan fingerprint density at radius 3 is 2.47 bits per heavy atom. The fourth-order valence-corrected chi connectivity index (χ4v) is 2.56. The van der Waals surface area contributed by atoms with Crippen LogP contribution in [0.25, 0.3) is 0 Å². The van der Waals surface area contributed by atoms with E-state index in [-0.39, 0.29) is 5.41 Å². The highest BCUT2D eigenvalue weighted by Gasteiger charge is 2.42. The van der Waals surface area contributed by atoms with Gasteiger partial charge >= 0.3 is 0 Å². The molecule has 0 spiro atoms. The summed E-state index contributed by atoms with van der Waals surface area (Å²) >= 11 is 0. The average molecular weight is 226 g/mol. The van der Waals surface area contributed by atoms with Gasteiger partial charge in [-0.25, -0.2) is 0 Å². The molecule has 1 heterocycles. The molecule has 0 aromatic heterocycles. The van der Waals surface area contributed by atoms with Gasteiger partial charge in [0.15, 0.2) is 5.71 Å². The fraction of sp³-hybridized carbons (Fsp3) is 0.312. The summed E-state index contributed by atoms with van der Waals surface area (Å²) in [5.41, 5.74) is 4.15. The molecular formula is C16H20N+. The lowest BCUT2D eigenvalue weighted by Gasteiger charge is -2.14. The molecule has 17 heavy (non-hydrogen) atoms. The molecule has 1 aromatic carbocycles. The summed E-state index contributed by atoms with van der Waals surface area (Å²) in [5, 5.41) is 0. The largest absolute Gasteiger partial charge is 0.209 e. The molecule has 0 N–H and O–H groups in total. The highest BCUT2D eigenvalue weighted by atomic mass is 15.0. The summed E-state index contributed by atoms with van der Waals surface area (Å²) in [7, 11) is 2.14. The van der Waals surface area contributed by atoms with Crippen molar-refractivity contribution in [2.24, 2.45) is 0 Å². The van der Waals surface area contributed by atoms with Gasteiger partial charge in [0, 0.05) is 17.7 Å². The highest BCUT2D eigenvalue weighted by molar-refractivity contribution is 6.03. The number of rotatable bonds is 2. The van der Waals surface area contributed by atoms with Crippen molar-refractivity contribution in [2.45, 2.75) is 26.2 Å². The van der Waals surface area contributed by atoms with E-state index in [0.29, 0.717) is 0 Å². The molecule has 1 aliphatic rings. The summed E-state index contributed by atoms with van der Waals surface area (Å²) in [6, 6.07) is 8.63. The van der Waals surface area contributed by atoms with Crippen molar-refractivity contribution in [1.82, 2.24) is 0 Å². The monoisotopic (exact) mass is 226 g/mol. The van der Waals surface area contributed by atoms with Crippen LogP contribution in [0.3, 0.4) is 0 Å². The molecule has 1 aromatic rings. The minimum Gasteiger partial charge on any atom is -0.198 e. The van der Waals surface area contributed by atoms with Crippen LogP contribution in [-0.4, -0.2) is 17.3 Å². The van der Waals surface area contributed by atoms with Crippen molar-refractivity contribution in [3.05, 3.63) is 54.1 Å². The van der Waals surface area contributed by atoms with Gasteiger partial charge in [-0.05, 0) is 20.8 Å². The molecule has 0 aliphatic carbocycles. The zero-order chi connectivity index (χ0) is 12.5. The van der Waals surface area contributed by atoms with Crippen LogP contribution in [0.15, 0.2) is 48.6 Å². The SMILES string of the molecule is C/C=C/C=C/C1=[N+](C)c2ccccc2C1(C)C. The van der Waals surface area contributed by atoms with E-state index in [1.165, 1.54) is 17.0 Å². The van der Waals surface area contributed by atoms with Crippen LogP contribution in [0.1, 0.15) is 26.3 Å². The summed E-state index contributed by atoms with van der Waals surface area (Å²) < 4.78 is 2.29. The standard InChI is InChI=1S/C16H20N/c1-5-6-7-12-15-16(2,3)13-10-8-9-11-14(13)17(15)4/h5-12H,1-4H3/q+1/b6-5+,12-7+. The Hall–Kier alpha value is -1.63. The number of hydrogen-bond acceptors (Lipinski definition) is 0. The van der Waals surface area contributed by atoms with E-state index in [4.69, 9.17) is 0 Å². The minimum atomic E-state index is 0.0867. The Bertz CT molecular complexity index is 516. The van der Waals surface area contributed by atoms with E-state index in [9.17, 15) is 0 Å². The first-order chi connectivity index (χ1) is 8.09. The number of hydrogen-bond donors (Lipinski definition) is 0. The van der Waals surface area contributed by atoms with Crippen LogP contribution in [0.2, 0.25) is 0 Å². The van der Waals surface area contributed by atoms with E-state index >= 15 is 0 Å². The average Bonchev–Trinajstić information content (AvgIpc) is 2.51. The molecule has 0 atom stereocenters. The van der Waals surface area contributed by atoms with Crippen LogP contribution in [-0.2, 0) is 5.41 Å². The lowest BCUT2D eigenvalue weighted by Crippen LogP contribution is -2.26. The van der Waals surface area contributed by atoms with Gasteiger partial charge in [-0.15, -0.1) is 0 Å². The Morgan fingerprint density at radius 2 is 1.82 bits per heavy atom. The van der Waals surface area contributed by atoms with Gasteiger partial charge in [0.05, 0.1) is 5.41 Å². The Balaban J connectivity index is 2.52. The van der Waals surface area contributed by atoms with Crippen molar-refractivity contribution in [2.75, 3.05) is 7.05 Å². The van der Waals surface area contributed by atoms with Gasteiger partial charge in [-0.3, -0.25) is 0 Å². The lowest BCUT2D eigenvalue weighted by molar-refractivity contribution is -0.401. The van der Waals surface area contributed by atoms with Gasteiger partial charge in [-0.1, -0.05) is 36.4 Å². The quantitative estimate of drug-likeness (QED) is 0.532. The molecule has 88 valence electrons. The fourth-order valence-electron chi connectivity index (χ4n) is 2.56. The maximum atomic E-state index is 2.29. The van der Waals surface area contributed by atoms with Crippen molar-refractivity contribution in [3.8, 4) is 0 Å². The zero-order valence-electron chi connectivity index (χ0n) is 11.1. The molecule has 1 aliphatic heterocycles. The first-order valence-corrected chi connectivity index (χ1v) is 6.09. The predicted molar refractivity (Wildman–Crippen MR) is 74.3 cm³/mol. The molecule has 0 saturated heterocycles. The maximum Gasteiger partial charge on any atom is 0.209 e. The molecule has 0 amide bonds. The van der Waals surface area contributed by atoms with Crippen LogP contribution < -0.4 is 0 Å². The molecule has 0 radical (unpaired) electrons. The van der Waals surface area contributed by atoms with Crippen LogP contribution in [0, 0.1) is 0 Å². The van der Waals surface area contributed by atoms with Crippen LogP contribution in [0.5, 0.6) is 0 Å². The third-order valence-corrected chi connectivity index (χ3v) is 3.50. The number of allylic oxidation sites excluding steroid dienone is 4. The van der Waals surface area contributed by atoms with Gasteiger partial charge in [-0.2, -0.15) is 4.58 Å². The molecule has 2 rings (SSSR count). The van der Waals surface area contributed by atoms with Crippen molar-refractivity contribution < 1.29 is 4.58 Å². The minimum absolute atomic E-state index is 0.0867. The van der Waals surface area contributed by atoms with Crippen molar-refractivity contribution >= 4 is 11.4 Å². The van der Waals surface area contributed by atoms with E-state index in [1.807, 2.05) is 13.0 Å². The zero-order valence-corrected chi connectivity index (χ0v) is 11.1. The Labute approximate surface area is 104 Å². The predicted octanol–water partition coefficient (Wildman–Crippen LogP) is 3.82. The van der Waals surface area contributed by atoms with Gasteiger partial charge in [0.25, 0.3) is 0 Å². The van der Waals surface area contributed by atoms with Crippen molar-refractivity contribution in [3.63, 3.8) is 0 Å². The van der Waals surface area contributed by atoms with Gasteiger partial charge < -0.3 is 0 Å². The lowest BCUT2D eigenvalue weighted by atomic mass is 9.81. The Morgan fingerprint density at radius 1 is 1.12 bits per heavy atom. The molecular weight excluding hydrogens is 206 g/mol. The topological polar surface area (TPSA) is 3.01 Å². The maximum absolute atomic E-state index is 2.29. The van der Waals surface area contributed by atoms with Gasteiger partial charge in [0.2, 0.25) is 5.69 Å². The summed E-state index contributed by atoms with van der Waals surface area (Å²) in [4.78, 5) is 0. The number of benzene rings is 1. The molecule has 0 bridgehead atoms. The first kappa shape index (κ1) is 11.8.